The minimum atomic E-state index is -0.594. The van der Waals surface area contributed by atoms with Crippen molar-refractivity contribution in [3.05, 3.63) is 35.9 Å². The average Bonchev–Trinajstić information content (AvgIpc) is 3.35. The van der Waals surface area contributed by atoms with Crippen LogP contribution >= 0.6 is 0 Å². The fourth-order valence-corrected chi connectivity index (χ4v) is 5.21. The molecule has 2 bridgehead atoms. The van der Waals surface area contributed by atoms with Crippen molar-refractivity contribution in [3.63, 3.8) is 0 Å². The van der Waals surface area contributed by atoms with Crippen molar-refractivity contribution in [2.75, 3.05) is 20.2 Å². The molecule has 0 spiro atoms. The standard InChI is InChI=1S/C20H28NO4.BrH/c1-3-9-21(2)16-10-14(11-17(21)19-18(16)25-19)24-20(23)15(12-22)13-7-5-4-6-8-13;/h4-8,14-19,22H,3,9-12H2,1-2H3;1H/q+1;/p-1/t14?,15-,16-,17+,18-,19+,21?;/m1./s1. The number of esters is 1. The number of carbonyl (C=O) groups is 1. The third-order valence-corrected chi connectivity index (χ3v) is 6.50. The Balaban J connectivity index is 0.00000196. The van der Waals surface area contributed by atoms with E-state index in [-0.39, 0.29) is 35.7 Å². The first kappa shape index (κ1) is 19.8. The highest BCUT2D eigenvalue weighted by atomic mass is 79.9. The first-order chi connectivity index (χ1) is 12.1. The second kappa shape index (κ2) is 7.58. The molecule has 3 fully saturated rings. The number of aliphatic hydroxyl groups excluding tert-OH is 1. The topological polar surface area (TPSA) is 59.1 Å². The zero-order valence-corrected chi connectivity index (χ0v) is 17.0. The van der Waals surface area contributed by atoms with Gasteiger partial charge in [-0.15, -0.1) is 0 Å². The molecule has 3 saturated heterocycles. The van der Waals surface area contributed by atoms with Gasteiger partial charge in [0.1, 0.15) is 36.3 Å². The van der Waals surface area contributed by atoms with Gasteiger partial charge in [-0.3, -0.25) is 4.79 Å². The molecule has 1 N–H and O–H groups in total. The average molecular weight is 426 g/mol. The van der Waals surface area contributed by atoms with Crippen LogP contribution in [-0.2, 0) is 14.3 Å². The van der Waals surface area contributed by atoms with E-state index < -0.39 is 5.92 Å². The Hall–Kier alpha value is -0.950. The molecule has 3 aliphatic rings. The summed E-state index contributed by atoms with van der Waals surface area (Å²) in [6.07, 6.45) is 3.55. The predicted molar refractivity (Wildman–Crippen MR) is 93.0 cm³/mol. The lowest BCUT2D eigenvalue weighted by Gasteiger charge is -2.48. The molecule has 6 heteroatoms. The van der Waals surface area contributed by atoms with Crippen LogP contribution in [0.3, 0.4) is 0 Å². The minimum absolute atomic E-state index is 0. The van der Waals surface area contributed by atoms with Gasteiger partial charge in [0.15, 0.2) is 0 Å². The van der Waals surface area contributed by atoms with Gasteiger partial charge in [-0.2, -0.15) is 0 Å². The lowest BCUT2D eigenvalue weighted by Crippen LogP contribution is -3.00. The van der Waals surface area contributed by atoms with Gasteiger partial charge in [0.25, 0.3) is 0 Å². The quantitative estimate of drug-likeness (QED) is 0.355. The Kier molecular flexibility index (Phi) is 5.78. The lowest BCUT2D eigenvalue weighted by atomic mass is 9.94. The number of halogens is 1. The van der Waals surface area contributed by atoms with Crippen molar-refractivity contribution in [3.8, 4) is 0 Å². The number of rotatable bonds is 6. The number of morpholine rings is 1. The molecule has 0 radical (unpaired) electrons. The maximum absolute atomic E-state index is 12.6. The van der Waals surface area contributed by atoms with E-state index in [2.05, 4.69) is 14.0 Å². The van der Waals surface area contributed by atoms with Crippen LogP contribution in [-0.4, -0.2) is 66.2 Å². The minimum Gasteiger partial charge on any atom is -1.00 e. The summed E-state index contributed by atoms with van der Waals surface area (Å²) in [6, 6.07) is 10.3. The fraction of sp³-hybridized carbons (Fsp3) is 0.650. The second-order valence-electron chi connectivity index (χ2n) is 7.95. The summed E-state index contributed by atoms with van der Waals surface area (Å²) in [4.78, 5) is 12.6. The van der Waals surface area contributed by atoms with Gasteiger partial charge in [0, 0.05) is 12.8 Å². The first-order valence-corrected chi connectivity index (χ1v) is 9.45. The van der Waals surface area contributed by atoms with Crippen LogP contribution in [0.15, 0.2) is 30.3 Å². The van der Waals surface area contributed by atoms with Crippen LogP contribution in [0, 0.1) is 0 Å². The molecule has 0 aliphatic carbocycles. The molecule has 3 aliphatic heterocycles. The highest BCUT2D eigenvalue weighted by Gasteiger charge is 2.71. The van der Waals surface area contributed by atoms with Gasteiger partial charge >= 0.3 is 5.97 Å². The summed E-state index contributed by atoms with van der Waals surface area (Å²) < 4.78 is 12.8. The van der Waals surface area contributed by atoms with E-state index >= 15 is 0 Å². The third kappa shape index (κ3) is 3.21. The highest BCUT2D eigenvalue weighted by molar-refractivity contribution is 5.78. The second-order valence-corrected chi connectivity index (χ2v) is 7.95. The van der Waals surface area contributed by atoms with Crippen molar-refractivity contribution < 1.29 is 40.8 Å². The summed E-state index contributed by atoms with van der Waals surface area (Å²) in [5.74, 6) is -0.901. The van der Waals surface area contributed by atoms with Crippen molar-refractivity contribution in [2.45, 2.75) is 62.5 Å². The Labute approximate surface area is 165 Å². The van der Waals surface area contributed by atoms with Crippen LogP contribution in [0.25, 0.3) is 0 Å². The normalized spacial score (nSPS) is 38.0. The molecular weight excluding hydrogens is 398 g/mol. The predicted octanol–water partition coefficient (Wildman–Crippen LogP) is -1.15. The van der Waals surface area contributed by atoms with Gasteiger partial charge in [-0.1, -0.05) is 37.3 Å². The smallest absolute Gasteiger partial charge is 0.316 e. The van der Waals surface area contributed by atoms with Gasteiger partial charge in [0.05, 0.1) is 20.2 Å². The number of fused-ring (bicyclic) bond motifs is 5. The summed E-state index contributed by atoms with van der Waals surface area (Å²) in [5.41, 5.74) is 0.812. The van der Waals surface area contributed by atoms with E-state index in [4.69, 9.17) is 9.47 Å². The molecule has 5 nitrogen and oxygen atoms in total. The molecule has 7 atom stereocenters. The number of epoxide rings is 1. The van der Waals surface area contributed by atoms with E-state index in [0.717, 1.165) is 35.9 Å². The molecular formula is C20H28BrNO4. The number of benzene rings is 1. The Morgan fingerprint density at radius 2 is 1.88 bits per heavy atom. The van der Waals surface area contributed by atoms with Crippen molar-refractivity contribution in [1.29, 1.82) is 0 Å². The number of quaternary nitrogens is 1. The van der Waals surface area contributed by atoms with Crippen LogP contribution in [0.1, 0.15) is 37.7 Å². The lowest BCUT2D eigenvalue weighted by molar-refractivity contribution is -0.956. The Bertz CT molecular complexity index is 622. The van der Waals surface area contributed by atoms with E-state index in [9.17, 15) is 9.90 Å². The van der Waals surface area contributed by atoms with Gasteiger partial charge in [0.2, 0.25) is 0 Å². The van der Waals surface area contributed by atoms with E-state index in [1.807, 2.05) is 30.3 Å². The molecule has 144 valence electrons. The largest absolute Gasteiger partial charge is 1.00 e. The SMILES string of the molecule is CCC[N+]1(C)[C@@H]2CC(OC(=O)[C@H](CO)c3ccccc3)C[C@H]1[C@@H]1O[C@@H]12.[Br-]. The number of nitrogens with zero attached hydrogens (tertiary/aromatic N) is 1. The zero-order valence-electron chi connectivity index (χ0n) is 15.4. The molecule has 2 unspecified atom stereocenters. The molecule has 0 amide bonds. The van der Waals surface area contributed by atoms with E-state index in [0.29, 0.717) is 24.3 Å². The first-order valence-electron chi connectivity index (χ1n) is 9.45. The van der Waals surface area contributed by atoms with Crippen molar-refractivity contribution in [2.24, 2.45) is 0 Å². The Morgan fingerprint density at radius 1 is 1.27 bits per heavy atom. The number of hydrogen-bond donors (Lipinski definition) is 1. The number of carbonyl (C=O) groups excluding carboxylic acids is 1. The molecule has 1 aromatic rings. The Morgan fingerprint density at radius 3 is 2.42 bits per heavy atom. The van der Waals surface area contributed by atoms with Gasteiger partial charge in [-0.25, -0.2) is 0 Å². The monoisotopic (exact) mass is 425 g/mol. The van der Waals surface area contributed by atoms with Crippen LogP contribution in [0.2, 0.25) is 0 Å². The highest BCUT2D eigenvalue weighted by Crippen LogP contribution is 2.52. The van der Waals surface area contributed by atoms with Gasteiger partial charge in [-0.05, 0) is 12.0 Å². The van der Waals surface area contributed by atoms with Crippen LogP contribution in [0.4, 0.5) is 0 Å². The number of likely N-dealkylation sites (N-methyl/N-ethyl adjacent to an activating group) is 1. The number of aliphatic hydroxyl groups is 1. The van der Waals surface area contributed by atoms with Crippen molar-refractivity contribution >= 4 is 5.97 Å². The zero-order chi connectivity index (χ0) is 17.6. The fourth-order valence-electron chi connectivity index (χ4n) is 5.21. The number of piperidine rings is 1. The van der Waals surface area contributed by atoms with E-state index in [1.165, 1.54) is 0 Å². The summed E-state index contributed by atoms with van der Waals surface area (Å²) in [7, 11) is 2.34. The number of hydrogen-bond acceptors (Lipinski definition) is 4. The maximum atomic E-state index is 12.6. The maximum Gasteiger partial charge on any atom is 0.316 e. The number of ether oxygens (including phenoxy) is 2. The third-order valence-electron chi connectivity index (χ3n) is 6.50. The molecule has 1 aromatic carbocycles. The van der Waals surface area contributed by atoms with Crippen LogP contribution < -0.4 is 17.0 Å². The molecule has 26 heavy (non-hydrogen) atoms. The molecule has 0 saturated carbocycles. The van der Waals surface area contributed by atoms with Crippen LogP contribution in [0.5, 0.6) is 0 Å². The molecule has 3 heterocycles. The van der Waals surface area contributed by atoms with Gasteiger partial charge < -0.3 is 36.0 Å². The molecule has 0 aromatic heterocycles. The summed E-state index contributed by atoms with van der Waals surface area (Å²) in [5, 5.41) is 9.67. The summed E-state index contributed by atoms with van der Waals surface area (Å²) in [6.45, 7) is 3.17. The van der Waals surface area contributed by atoms with Crippen molar-refractivity contribution in [1.82, 2.24) is 0 Å². The molecule has 4 rings (SSSR count). The van der Waals surface area contributed by atoms with E-state index in [1.54, 1.807) is 0 Å². The summed E-state index contributed by atoms with van der Waals surface area (Å²) >= 11 is 0.